The van der Waals surface area contributed by atoms with Crippen molar-refractivity contribution in [1.29, 1.82) is 0 Å². The van der Waals surface area contributed by atoms with Crippen molar-refractivity contribution < 1.29 is 9.53 Å². The van der Waals surface area contributed by atoms with Crippen LogP contribution in [0.2, 0.25) is 0 Å². The first kappa shape index (κ1) is 12.7. The van der Waals surface area contributed by atoms with E-state index in [0.29, 0.717) is 6.61 Å². The standard InChI is InChI=1S/C18H16O2/c1-2-18(19)20-11-10-13-7-5-9-16-15-8-4-3-6-14(15)12-17(13)16/h2-9H,1,10-12H2. The van der Waals surface area contributed by atoms with Crippen LogP contribution in [-0.4, -0.2) is 12.6 Å². The van der Waals surface area contributed by atoms with Crippen molar-refractivity contribution in [2.24, 2.45) is 0 Å². The lowest BCUT2D eigenvalue weighted by atomic mass is 9.99. The summed E-state index contributed by atoms with van der Waals surface area (Å²) in [7, 11) is 0. The zero-order chi connectivity index (χ0) is 13.9. The van der Waals surface area contributed by atoms with Crippen LogP contribution in [0.5, 0.6) is 0 Å². The summed E-state index contributed by atoms with van der Waals surface area (Å²) >= 11 is 0. The average molecular weight is 264 g/mol. The topological polar surface area (TPSA) is 26.3 Å². The summed E-state index contributed by atoms with van der Waals surface area (Å²) in [5.41, 5.74) is 6.64. The second kappa shape index (κ2) is 5.33. The summed E-state index contributed by atoms with van der Waals surface area (Å²) in [6.07, 6.45) is 2.92. The molecule has 0 saturated heterocycles. The second-order valence-corrected chi connectivity index (χ2v) is 4.90. The first-order valence-electron chi connectivity index (χ1n) is 6.78. The van der Waals surface area contributed by atoms with Crippen molar-refractivity contribution >= 4 is 5.97 Å². The third kappa shape index (κ3) is 2.25. The first-order valence-corrected chi connectivity index (χ1v) is 6.78. The molecule has 2 heteroatoms. The minimum absolute atomic E-state index is 0.360. The Morgan fingerprint density at radius 1 is 1.15 bits per heavy atom. The molecule has 2 nitrogen and oxygen atoms in total. The van der Waals surface area contributed by atoms with E-state index in [1.165, 1.54) is 33.9 Å². The highest BCUT2D eigenvalue weighted by Crippen LogP contribution is 2.38. The number of rotatable bonds is 4. The molecular formula is C18H16O2. The summed E-state index contributed by atoms with van der Waals surface area (Å²) in [5.74, 6) is -0.360. The van der Waals surface area contributed by atoms with Crippen LogP contribution in [0.3, 0.4) is 0 Å². The van der Waals surface area contributed by atoms with E-state index in [-0.39, 0.29) is 5.97 Å². The summed E-state index contributed by atoms with van der Waals surface area (Å²) < 4.78 is 5.08. The van der Waals surface area contributed by atoms with Crippen molar-refractivity contribution in [3.63, 3.8) is 0 Å². The van der Waals surface area contributed by atoms with E-state index in [1.54, 1.807) is 0 Å². The van der Waals surface area contributed by atoms with E-state index >= 15 is 0 Å². The Kier molecular flexibility index (Phi) is 3.38. The van der Waals surface area contributed by atoms with E-state index in [0.717, 1.165) is 12.8 Å². The fourth-order valence-electron chi connectivity index (χ4n) is 2.78. The highest BCUT2D eigenvalue weighted by Gasteiger charge is 2.19. The maximum atomic E-state index is 11.1. The maximum absolute atomic E-state index is 11.1. The third-order valence-corrected chi connectivity index (χ3v) is 3.73. The van der Waals surface area contributed by atoms with Crippen molar-refractivity contribution in [2.75, 3.05) is 6.61 Å². The summed E-state index contributed by atoms with van der Waals surface area (Å²) in [5, 5.41) is 0. The lowest BCUT2D eigenvalue weighted by molar-refractivity contribution is -0.137. The number of fused-ring (bicyclic) bond motifs is 3. The Morgan fingerprint density at radius 3 is 2.80 bits per heavy atom. The minimum Gasteiger partial charge on any atom is -0.462 e. The number of hydrogen-bond donors (Lipinski definition) is 0. The molecule has 0 aliphatic heterocycles. The molecule has 0 unspecified atom stereocenters. The number of carbonyl (C=O) groups excluding carboxylic acids is 1. The van der Waals surface area contributed by atoms with Gasteiger partial charge in [-0.15, -0.1) is 0 Å². The predicted molar refractivity (Wildman–Crippen MR) is 79.5 cm³/mol. The van der Waals surface area contributed by atoms with Gasteiger partial charge in [0.2, 0.25) is 0 Å². The monoisotopic (exact) mass is 264 g/mol. The molecule has 0 spiro atoms. The van der Waals surface area contributed by atoms with E-state index < -0.39 is 0 Å². The predicted octanol–water partition coefficient (Wildman–Crippen LogP) is 3.53. The lowest BCUT2D eigenvalue weighted by Gasteiger charge is -2.08. The molecule has 20 heavy (non-hydrogen) atoms. The molecule has 100 valence electrons. The second-order valence-electron chi connectivity index (χ2n) is 4.90. The quantitative estimate of drug-likeness (QED) is 0.532. The summed E-state index contributed by atoms with van der Waals surface area (Å²) in [6, 6.07) is 14.9. The average Bonchev–Trinajstić information content (AvgIpc) is 2.86. The van der Waals surface area contributed by atoms with Gasteiger partial charge < -0.3 is 4.74 Å². The number of carbonyl (C=O) groups is 1. The van der Waals surface area contributed by atoms with Crippen LogP contribution in [-0.2, 0) is 22.4 Å². The Hall–Kier alpha value is -2.35. The molecule has 0 saturated carbocycles. The van der Waals surface area contributed by atoms with Gasteiger partial charge in [0.1, 0.15) is 0 Å². The molecule has 2 aromatic rings. The van der Waals surface area contributed by atoms with Gasteiger partial charge >= 0.3 is 5.97 Å². The number of ether oxygens (including phenoxy) is 1. The van der Waals surface area contributed by atoms with Crippen molar-refractivity contribution in [1.82, 2.24) is 0 Å². The van der Waals surface area contributed by atoms with Crippen LogP contribution < -0.4 is 0 Å². The smallest absolute Gasteiger partial charge is 0.330 e. The van der Waals surface area contributed by atoms with Gasteiger partial charge in [-0.2, -0.15) is 0 Å². The number of esters is 1. The third-order valence-electron chi connectivity index (χ3n) is 3.73. The van der Waals surface area contributed by atoms with Crippen LogP contribution in [0, 0.1) is 0 Å². The zero-order valence-corrected chi connectivity index (χ0v) is 11.3. The molecule has 0 amide bonds. The van der Waals surface area contributed by atoms with Gasteiger partial charge in [-0.25, -0.2) is 4.79 Å². The molecule has 0 atom stereocenters. The van der Waals surface area contributed by atoms with Crippen molar-refractivity contribution in [3.05, 3.63) is 71.8 Å². The Balaban J connectivity index is 1.82. The molecule has 1 aliphatic carbocycles. The summed E-state index contributed by atoms with van der Waals surface area (Å²) in [6.45, 7) is 3.80. The van der Waals surface area contributed by atoms with Gasteiger partial charge in [0.05, 0.1) is 6.61 Å². The fourth-order valence-corrected chi connectivity index (χ4v) is 2.78. The molecule has 0 bridgehead atoms. The normalized spacial score (nSPS) is 11.6. The molecular weight excluding hydrogens is 248 g/mol. The van der Waals surface area contributed by atoms with Crippen LogP contribution in [0.1, 0.15) is 16.7 Å². The van der Waals surface area contributed by atoms with Crippen LogP contribution >= 0.6 is 0 Å². The molecule has 1 aliphatic rings. The first-order chi connectivity index (χ1) is 9.79. The largest absolute Gasteiger partial charge is 0.462 e. The van der Waals surface area contributed by atoms with Gasteiger partial charge in [0.25, 0.3) is 0 Å². The van der Waals surface area contributed by atoms with Crippen LogP contribution in [0.15, 0.2) is 55.1 Å². The van der Waals surface area contributed by atoms with E-state index in [9.17, 15) is 4.79 Å². The van der Waals surface area contributed by atoms with Crippen molar-refractivity contribution in [3.8, 4) is 11.1 Å². The maximum Gasteiger partial charge on any atom is 0.330 e. The number of benzene rings is 2. The number of hydrogen-bond acceptors (Lipinski definition) is 2. The van der Waals surface area contributed by atoms with Gasteiger partial charge in [0, 0.05) is 12.5 Å². The zero-order valence-electron chi connectivity index (χ0n) is 11.3. The minimum atomic E-state index is -0.360. The molecule has 0 aromatic heterocycles. The molecule has 0 heterocycles. The fraction of sp³-hybridized carbons (Fsp3) is 0.167. The molecule has 0 fully saturated rings. The Bertz CT molecular complexity index is 671. The van der Waals surface area contributed by atoms with Crippen molar-refractivity contribution in [2.45, 2.75) is 12.8 Å². The van der Waals surface area contributed by atoms with Crippen LogP contribution in [0.4, 0.5) is 0 Å². The molecule has 3 rings (SSSR count). The van der Waals surface area contributed by atoms with Crippen LogP contribution in [0.25, 0.3) is 11.1 Å². The highest BCUT2D eigenvalue weighted by molar-refractivity contribution is 5.81. The molecule has 0 radical (unpaired) electrons. The van der Waals surface area contributed by atoms with Gasteiger partial charge in [0.15, 0.2) is 0 Å². The van der Waals surface area contributed by atoms with E-state index in [1.807, 2.05) is 0 Å². The van der Waals surface area contributed by atoms with Gasteiger partial charge in [-0.3, -0.25) is 0 Å². The summed E-state index contributed by atoms with van der Waals surface area (Å²) in [4.78, 5) is 11.1. The van der Waals surface area contributed by atoms with Gasteiger partial charge in [-0.1, -0.05) is 49.0 Å². The Morgan fingerprint density at radius 2 is 1.95 bits per heavy atom. The lowest BCUT2D eigenvalue weighted by Crippen LogP contribution is -2.05. The Labute approximate surface area is 118 Å². The molecule has 2 aromatic carbocycles. The van der Waals surface area contributed by atoms with E-state index in [4.69, 9.17) is 4.74 Å². The SMILES string of the molecule is C=CC(=O)OCCc1cccc2c1Cc1ccccc1-2. The molecule has 0 N–H and O–H groups in total. The highest BCUT2D eigenvalue weighted by atomic mass is 16.5. The van der Waals surface area contributed by atoms with E-state index in [2.05, 4.69) is 49.0 Å². The van der Waals surface area contributed by atoms with Gasteiger partial charge in [-0.05, 0) is 34.2 Å².